The maximum Gasteiger partial charge on any atom is 0.247 e. The summed E-state index contributed by atoms with van der Waals surface area (Å²) in [6.07, 6.45) is 0. The highest BCUT2D eigenvalue weighted by atomic mass is 28.3. The van der Waals surface area contributed by atoms with Crippen molar-refractivity contribution in [2.24, 2.45) is 0 Å². The first-order chi connectivity index (χ1) is 47.4. The van der Waals surface area contributed by atoms with Gasteiger partial charge in [-0.2, -0.15) is 0 Å². The Morgan fingerprint density at radius 3 is 0.878 bits per heavy atom. The molecule has 0 N–H and O–H groups in total. The van der Waals surface area contributed by atoms with Crippen LogP contribution < -0.4 is 79.2 Å². The van der Waals surface area contributed by atoms with Gasteiger partial charge in [-0.1, -0.05) is 353 Å². The van der Waals surface area contributed by atoms with Crippen molar-refractivity contribution in [3.63, 3.8) is 0 Å². The molecule has 0 bridgehead atoms. The number of fused-ring (bicyclic) bond motifs is 7. The minimum Gasteiger partial charge on any atom is -0.313 e. The average Bonchev–Trinajstić information content (AvgIpc) is 1.16. The molecule has 1 aromatic heterocycles. The summed E-state index contributed by atoms with van der Waals surface area (Å²) < 4.78 is 2.86. The lowest BCUT2D eigenvalue weighted by Crippen LogP contribution is -2.75. The van der Waals surface area contributed by atoms with Crippen LogP contribution >= 0.6 is 0 Å². The Labute approximate surface area is 583 Å². The molecule has 2 aliphatic rings. The van der Waals surface area contributed by atoms with Gasteiger partial charge in [0.1, 0.15) is 0 Å². The summed E-state index contributed by atoms with van der Waals surface area (Å²) in [6, 6.07) is 115. The number of hydrogen-bond donors (Lipinski definition) is 0. The zero-order valence-electron chi connectivity index (χ0n) is 58.8. The molecule has 16 rings (SSSR count). The highest BCUT2D eigenvalue weighted by molar-refractivity contribution is 7.21. The van der Waals surface area contributed by atoms with Crippen molar-refractivity contribution in [1.82, 2.24) is 4.57 Å². The summed E-state index contributed by atoms with van der Waals surface area (Å²) in [7, 11) is -6.66. The van der Waals surface area contributed by atoms with Crippen molar-refractivity contribution in [2.75, 3.05) is 4.90 Å². The number of nitrogens with zero attached hydrogens (tertiary/aromatic N) is 2. The summed E-state index contributed by atoms with van der Waals surface area (Å²) in [4.78, 5) is 2.72. The second-order valence-electron chi connectivity index (χ2n) is 30.3. The van der Waals surface area contributed by atoms with Gasteiger partial charge in [0.05, 0.1) is 11.0 Å². The number of aryl methyl sites for hydroxylation is 6. The molecule has 0 saturated carbocycles. The van der Waals surface area contributed by atoms with Crippen LogP contribution in [-0.2, 0) is 10.8 Å². The fraction of sp³-hybridized carbons (Fsp3) is 0.152. The molecule has 2 aliphatic heterocycles. The molecule has 476 valence electrons. The zero-order valence-corrected chi connectivity index (χ0v) is 60.8. The van der Waals surface area contributed by atoms with Crippen molar-refractivity contribution in [3.05, 3.63) is 336 Å². The molecule has 0 amide bonds. The van der Waals surface area contributed by atoms with Crippen LogP contribution in [0, 0.1) is 41.5 Å². The van der Waals surface area contributed by atoms with Gasteiger partial charge in [-0.05, 0) is 151 Å². The minimum atomic E-state index is -3.33. The molecular weight excluding hydrogens is 1210 g/mol. The van der Waals surface area contributed by atoms with Gasteiger partial charge in [-0.25, -0.2) is 0 Å². The van der Waals surface area contributed by atoms with E-state index in [1.807, 2.05) is 0 Å². The fourth-order valence-electron chi connectivity index (χ4n) is 18.1. The van der Waals surface area contributed by atoms with Crippen molar-refractivity contribution in [1.29, 1.82) is 0 Å². The van der Waals surface area contributed by atoms with Gasteiger partial charge in [0.15, 0.2) is 16.1 Å². The Kier molecular flexibility index (Phi) is 15.3. The van der Waals surface area contributed by atoms with E-state index in [1.54, 1.807) is 0 Å². The van der Waals surface area contributed by atoms with Gasteiger partial charge in [-0.3, -0.25) is 0 Å². The van der Waals surface area contributed by atoms with E-state index in [0.29, 0.717) is 0 Å². The van der Waals surface area contributed by atoms with Crippen LogP contribution in [0.4, 0.5) is 17.1 Å². The third-order valence-electron chi connectivity index (χ3n) is 22.1. The Bertz CT molecular complexity index is 4850. The monoisotopic (exact) mass is 1290 g/mol. The molecule has 14 aromatic rings. The zero-order chi connectivity index (χ0) is 67.6. The lowest BCUT2D eigenvalue weighted by molar-refractivity contribution is 0.590. The van der Waals surface area contributed by atoms with E-state index in [9.17, 15) is 0 Å². The minimum absolute atomic E-state index is 0.119. The summed E-state index contributed by atoms with van der Waals surface area (Å²) in [5.74, 6) is 0. The smallest absolute Gasteiger partial charge is 0.247 e. The fourth-order valence-corrected chi connectivity index (χ4v) is 28.0. The Balaban J connectivity index is 1.18. The van der Waals surface area contributed by atoms with Gasteiger partial charge in [0.25, 0.3) is 0 Å². The standard InChI is InChI=1S/C92H84B2N2Si2/c1-61-53-63(3)86(64(4)54-61)93-78-57-67(91(7,8)9)49-51-82(78)96-83-52-50-68(92(10,11)12)58-79(83)94(87-65(5)55-62(2)56-66(87)6)81-60-69(59-80(93)90(81)96)95-88-76(45-31-47-84(88)97(70-33-19-13-20-34-70,71-35-21-14-22-36-71)72-37-23-15-24-38-72)77-46-32-48-85(89(77)95)98(73-39-25-16-26-40-73,74-41-27-17-28-42-74)75-43-29-18-30-44-75/h13-60H,1-12H3. The molecule has 98 heavy (non-hydrogen) atoms. The van der Waals surface area contributed by atoms with E-state index in [-0.39, 0.29) is 24.3 Å². The van der Waals surface area contributed by atoms with Gasteiger partial charge < -0.3 is 9.47 Å². The lowest BCUT2D eigenvalue weighted by Gasteiger charge is -2.45. The second-order valence-corrected chi connectivity index (χ2v) is 37.8. The summed E-state index contributed by atoms with van der Waals surface area (Å²) >= 11 is 0. The predicted molar refractivity (Wildman–Crippen MR) is 431 cm³/mol. The molecule has 3 heterocycles. The maximum atomic E-state index is 2.86. The van der Waals surface area contributed by atoms with Crippen LogP contribution in [0.25, 0.3) is 27.5 Å². The van der Waals surface area contributed by atoms with Crippen LogP contribution in [0.3, 0.4) is 0 Å². The van der Waals surface area contributed by atoms with E-state index in [2.05, 4.69) is 384 Å². The molecule has 0 atom stereocenters. The van der Waals surface area contributed by atoms with E-state index < -0.39 is 16.1 Å². The van der Waals surface area contributed by atoms with Gasteiger partial charge in [0, 0.05) is 33.5 Å². The quantitative estimate of drug-likeness (QED) is 0.0926. The third-order valence-corrected chi connectivity index (χ3v) is 31.7. The largest absolute Gasteiger partial charge is 0.313 e. The summed E-state index contributed by atoms with van der Waals surface area (Å²) in [5, 5.41) is 13.2. The number of hydrogen-bond acceptors (Lipinski definition) is 1. The van der Waals surface area contributed by atoms with Gasteiger partial charge in [0.2, 0.25) is 13.4 Å². The number of rotatable bonds is 11. The molecule has 2 nitrogen and oxygen atoms in total. The SMILES string of the molecule is Cc1cc(C)c(B2c3cc(C(C)(C)C)ccc3N3c4ccc(C(C)(C)C)cc4B(c4c(C)cc(C)cc4C)c4cc(-n5c6c([Si](c7ccccc7)(c7ccccc7)c7ccccc7)cccc6c6cccc([Si](c7ccccc7)(c7ccccc7)c7ccccc7)c65)cc2c43)c(C)c1. The molecular formula is C92H84B2N2Si2. The van der Waals surface area contributed by atoms with Gasteiger partial charge in [-0.15, -0.1) is 0 Å². The van der Waals surface area contributed by atoms with Crippen molar-refractivity contribution in [2.45, 2.75) is 93.9 Å². The number of anilines is 3. The first kappa shape index (κ1) is 62.8. The molecule has 0 saturated heterocycles. The molecule has 0 radical (unpaired) electrons. The maximum absolute atomic E-state index is 3.33. The summed E-state index contributed by atoms with van der Waals surface area (Å²) in [5.41, 5.74) is 25.8. The highest BCUT2D eigenvalue weighted by Gasteiger charge is 2.49. The average molecular weight is 1300 g/mol. The number of benzene rings is 13. The Morgan fingerprint density at radius 1 is 0.296 bits per heavy atom. The third kappa shape index (κ3) is 9.79. The van der Waals surface area contributed by atoms with Gasteiger partial charge >= 0.3 is 0 Å². The van der Waals surface area contributed by atoms with Crippen molar-refractivity contribution in [3.8, 4) is 5.69 Å². The topological polar surface area (TPSA) is 8.17 Å². The van der Waals surface area contributed by atoms with E-state index in [1.165, 1.54) is 163 Å². The van der Waals surface area contributed by atoms with E-state index in [4.69, 9.17) is 0 Å². The predicted octanol–water partition coefficient (Wildman–Crippen LogP) is 13.1. The molecule has 0 unspecified atom stereocenters. The highest BCUT2D eigenvalue weighted by Crippen LogP contribution is 2.42. The van der Waals surface area contributed by atoms with Crippen LogP contribution in [0.5, 0.6) is 0 Å². The second kappa shape index (κ2) is 23.9. The Hall–Kier alpha value is -9.98. The van der Waals surface area contributed by atoms with Crippen molar-refractivity contribution >= 4 is 143 Å². The Morgan fingerprint density at radius 2 is 0.592 bits per heavy atom. The van der Waals surface area contributed by atoms with Crippen LogP contribution in [0.2, 0.25) is 0 Å². The van der Waals surface area contributed by atoms with E-state index in [0.717, 1.165) is 0 Å². The first-order valence-electron chi connectivity index (χ1n) is 35.2. The molecule has 13 aromatic carbocycles. The van der Waals surface area contributed by atoms with Crippen LogP contribution in [0.1, 0.15) is 86.1 Å². The molecule has 6 heteroatoms. The molecule has 0 spiro atoms. The molecule has 0 fully saturated rings. The van der Waals surface area contributed by atoms with Crippen molar-refractivity contribution < 1.29 is 0 Å². The molecule has 0 aliphatic carbocycles. The van der Waals surface area contributed by atoms with E-state index >= 15 is 0 Å². The number of para-hydroxylation sites is 2. The van der Waals surface area contributed by atoms with Crippen LogP contribution in [0.15, 0.2) is 291 Å². The summed E-state index contributed by atoms with van der Waals surface area (Å²) in [6.45, 7) is 28.1. The lowest BCUT2D eigenvalue weighted by atomic mass is 9.29. The normalized spacial score (nSPS) is 13.0. The first-order valence-corrected chi connectivity index (χ1v) is 39.2. The number of aromatic nitrogens is 1. The van der Waals surface area contributed by atoms with Crippen LogP contribution in [-0.4, -0.2) is 34.1 Å².